The molecule has 0 saturated heterocycles. The number of allylic oxidation sites excluding steroid dienone is 1. The van der Waals surface area contributed by atoms with Gasteiger partial charge in [0.15, 0.2) is 5.65 Å². The quantitative estimate of drug-likeness (QED) is 0.499. The molecule has 0 saturated carbocycles. The number of hydrogen-bond donors (Lipinski definition) is 2. The Morgan fingerprint density at radius 2 is 2.29 bits per heavy atom. The molecule has 0 amide bonds. The number of thioether (sulfide) groups is 1. The molecule has 0 fully saturated rings. The first-order valence-electron chi connectivity index (χ1n) is 7.15. The normalized spacial score (nSPS) is 21.4. The van der Waals surface area contributed by atoms with Crippen LogP contribution in [-0.2, 0) is 0 Å². The highest BCUT2D eigenvalue weighted by atomic mass is 32.2. The maximum Gasteiger partial charge on any atom is 0.223 e. The fourth-order valence-corrected chi connectivity index (χ4v) is 3.38. The SMILES string of the molecule is CCCSc1nc(N)nc2c1ncn2[C@H]1C=C[C@@H](CO)C1. The molecule has 2 heterocycles. The van der Waals surface area contributed by atoms with E-state index in [4.69, 9.17) is 5.73 Å². The summed E-state index contributed by atoms with van der Waals surface area (Å²) in [5.41, 5.74) is 7.42. The fraction of sp³-hybridized carbons (Fsp3) is 0.500. The van der Waals surface area contributed by atoms with Gasteiger partial charge in [0, 0.05) is 12.5 Å². The van der Waals surface area contributed by atoms with Crippen molar-refractivity contribution in [1.82, 2.24) is 19.5 Å². The van der Waals surface area contributed by atoms with Crippen molar-refractivity contribution in [2.75, 3.05) is 18.1 Å². The molecular formula is C14H19N5OS. The zero-order valence-corrected chi connectivity index (χ0v) is 12.8. The lowest BCUT2D eigenvalue weighted by molar-refractivity contribution is 0.244. The predicted molar refractivity (Wildman–Crippen MR) is 84.1 cm³/mol. The molecule has 112 valence electrons. The lowest BCUT2D eigenvalue weighted by atomic mass is 10.1. The van der Waals surface area contributed by atoms with E-state index in [0.717, 1.165) is 34.8 Å². The number of aliphatic hydroxyl groups excluding tert-OH is 1. The van der Waals surface area contributed by atoms with Gasteiger partial charge < -0.3 is 15.4 Å². The Hall–Kier alpha value is -1.60. The number of nitrogen functional groups attached to an aromatic ring is 1. The van der Waals surface area contributed by atoms with Gasteiger partial charge in [-0.15, -0.1) is 11.8 Å². The Morgan fingerprint density at radius 3 is 3.00 bits per heavy atom. The largest absolute Gasteiger partial charge is 0.396 e. The topological polar surface area (TPSA) is 89.9 Å². The van der Waals surface area contributed by atoms with E-state index < -0.39 is 0 Å². The van der Waals surface area contributed by atoms with Gasteiger partial charge in [-0.05, 0) is 18.6 Å². The lowest BCUT2D eigenvalue weighted by Gasteiger charge is -2.12. The van der Waals surface area contributed by atoms with Crippen LogP contribution >= 0.6 is 11.8 Å². The molecule has 3 N–H and O–H groups in total. The van der Waals surface area contributed by atoms with Crippen LogP contribution in [0.25, 0.3) is 11.2 Å². The van der Waals surface area contributed by atoms with Crippen LogP contribution in [0.4, 0.5) is 5.95 Å². The molecule has 7 heteroatoms. The number of imidazole rings is 1. The minimum Gasteiger partial charge on any atom is -0.396 e. The molecule has 0 radical (unpaired) electrons. The lowest BCUT2D eigenvalue weighted by Crippen LogP contribution is -2.08. The molecule has 2 aromatic heterocycles. The van der Waals surface area contributed by atoms with E-state index in [1.807, 2.05) is 10.6 Å². The number of rotatable bonds is 5. The van der Waals surface area contributed by atoms with E-state index in [2.05, 4.69) is 28.0 Å². The third-order valence-electron chi connectivity index (χ3n) is 3.59. The number of fused-ring (bicyclic) bond motifs is 1. The van der Waals surface area contributed by atoms with Crippen molar-refractivity contribution in [2.45, 2.75) is 30.8 Å². The molecule has 0 bridgehead atoms. The van der Waals surface area contributed by atoms with Crippen LogP contribution in [0, 0.1) is 5.92 Å². The van der Waals surface area contributed by atoms with Crippen molar-refractivity contribution in [3.63, 3.8) is 0 Å². The van der Waals surface area contributed by atoms with E-state index in [9.17, 15) is 5.11 Å². The molecule has 2 atom stereocenters. The van der Waals surface area contributed by atoms with Gasteiger partial charge in [0.2, 0.25) is 5.95 Å². The van der Waals surface area contributed by atoms with Crippen molar-refractivity contribution >= 4 is 28.9 Å². The van der Waals surface area contributed by atoms with Gasteiger partial charge in [-0.1, -0.05) is 19.1 Å². The summed E-state index contributed by atoms with van der Waals surface area (Å²) < 4.78 is 2.02. The Labute approximate surface area is 127 Å². The third-order valence-corrected chi connectivity index (χ3v) is 4.76. The highest BCUT2D eigenvalue weighted by molar-refractivity contribution is 7.99. The average molecular weight is 305 g/mol. The van der Waals surface area contributed by atoms with Crippen LogP contribution in [-0.4, -0.2) is 37.0 Å². The molecule has 0 unspecified atom stereocenters. The van der Waals surface area contributed by atoms with Crippen molar-refractivity contribution in [3.8, 4) is 0 Å². The van der Waals surface area contributed by atoms with Crippen molar-refractivity contribution in [2.24, 2.45) is 5.92 Å². The summed E-state index contributed by atoms with van der Waals surface area (Å²) in [4.78, 5) is 13.1. The summed E-state index contributed by atoms with van der Waals surface area (Å²) >= 11 is 1.66. The summed E-state index contributed by atoms with van der Waals surface area (Å²) in [6.45, 7) is 2.31. The summed E-state index contributed by atoms with van der Waals surface area (Å²) in [7, 11) is 0. The molecular weight excluding hydrogens is 286 g/mol. The monoisotopic (exact) mass is 305 g/mol. The van der Waals surface area contributed by atoms with Gasteiger partial charge in [-0.25, -0.2) is 9.97 Å². The predicted octanol–water partition coefficient (Wildman–Crippen LogP) is 2.02. The number of nitrogens with zero attached hydrogens (tertiary/aromatic N) is 4. The number of aromatic nitrogens is 4. The smallest absolute Gasteiger partial charge is 0.223 e. The van der Waals surface area contributed by atoms with Crippen molar-refractivity contribution in [1.29, 1.82) is 0 Å². The molecule has 2 aromatic rings. The molecule has 6 nitrogen and oxygen atoms in total. The first-order valence-corrected chi connectivity index (χ1v) is 8.13. The highest BCUT2D eigenvalue weighted by Crippen LogP contribution is 2.32. The van der Waals surface area contributed by atoms with E-state index in [-0.39, 0.29) is 24.5 Å². The molecule has 1 aliphatic carbocycles. The number of aliphatic hydroxyl groups is 1. The molecule has 0 spiro atoms. The fourth-order valence-electron chi connectivity index (χ4n) is 2.54. The van der Waals surface area contributed by atoms with Crippen LogP contribution in [0.1, 0.15) is 25.8 Å². The number of anilines is 1. The number of nitrogens with two attached hydrogens (primary N) is 1. The van der Waals surface area contributed by atoms with Gasteiger partial charge in [0.1, 0.15) is 10.5 Å². The second-order valence-corrected chi connectivity index (χ2v) is 6.27. The van der Waals surface area contributed by atoms with Gasteiger partial charge in [0.25, 0.3) is 0 Å². The standard InChI is InChI=1S/C14H19N5OS/c1-2-5-21-13-11-12(17-14(15)18-13)19(8-16-11)10-4-3-9(6-10)7-20/h3-4,8-10,20H,2,5-7H2,1H3,(H2,15,17,18)/t9-,10+/m1/s1. The number of hydrogen-bond acceptors (Lipinski definition) is 6. The summed E-state index contributed by atoms with van der Waals surface area (Å²) in [5.74, 6) is 1.47. The molecule has 21 heavy (non-hydrogen) atoms. The zero-order valence-electron chi connectivity index (χ0n) is 11.9. The minimum atomic E-state index is 0.172. The molecule has 1 aliphatic rings. The summed E-state index contributed by atoms with van der Waals surface area (Å²) in [6, 6.07) is 0.172. The average Bonchev–Trinajstić information content (AvgIpc) is 3.10. The van der Waals surface area contributed by atoms with E-state index in [1.165, 1.54) is 0 Å². The third kappa shape index (κ3) is 2.75. The first-order chi connectivity index (χ1) is 10.2. The maximum atomic E-state index is 9.25. The van der Waals surface area contributed by atoms with E-state index in [1.54, 1.807) is 18.1 Å². The van der Waals surface area contributed by atoms with Gasteiger partial charge in [-0.2, -0.15) is 4.98 Å². The second-order valence-electron chi connectivity index (χ2n) is 5.19. The highest BCUT2D eigenvalue weighted by Gasteiger charge is 2.23. The Balaban J connectivity index is 1.98. The first kappa shape index (κ1) is 14.3. The molecule has 0 aliphatic heterocycles. The van der Waals surface area contributed by atoms with Crippen LogP contribution in [0.3, 0.4) is 0 Å². The van der Waals surface area contributed by atoms with E-state index >= 15 is 0 Å². The van der Waals surface area contributed by atoms with Crippen LogP contribution < -0.4 is 5.73 Å². The molecule has 3 rings (SSSR count). The van der Waals surface area contributed by atoms with Crippen molar-refractivity contribution in [3.05, 3.63) is 18.5 Å². The minimum absolute atomic E-state index is 0.172. The van der Waals surface area contributed by atoms with Crippen LogP contribution in [0.5, 0.6) is 0 Å². The zero-order chi connectivity index (χ0) is 14.8. The van der Waals surface area contributed by atoms with Gasteiger partial charge >= 0.3 is 0 Å². The van der Waals surface area contributed by atoms with Gasteiger partial charge in [-0.3, -0.25) is 0 Å². The Morgan fingerprint density at radius 1 is 1.43 bits per heavy atom. The maximum absolute atomic E-state index is 9.25. The summed E-state index contributed by atoms with van der Waals surface area (Å²) in [5, 5.41) is 10.1. The van der Waals surface area contributed by atoms with Crippen LogP contribution in [0.2, 0.25) is 0 Å². The van der Waals surface area contributed by atoms with Crippen LogP contribution in [0.15, 0.2) is 23.5 Å². The van der Waals surface area contributed by atoms with Crippen molar-refractivity contribution < 1.29 is 5.11 Å². The van der Waals surface area contributed by atoms with Gasteiger partial charge in [0.05, 0.1) is 12.4 Å². The Kier molecular flexibility index (Phi) is 4.12. The van der Waals surface area contributed by atoms with E-state index in [0.29, 0.717) is 0 Å². The Bertz CT molecular complexity index is 669. The second kappa shape index (κ2) is 6.03. The molecule has 0 aromatic carbocycles. The summed E-state index contributed by atoms with van der Waals surface area (Å²) in [6.07, 6.45) is 7.88.